The Morgan fingerprint density at radius 3 is 2.44 bits per heavy atom. The van der Waals surface area contributed by atoms with Gasteiger partial charge in [0.25, 0.3) is 0 Å². The lowest BCUT2D eigenvalue weighted by atomic mass is 9.89. The van der Waals surface area contributed by atoms with Crippen LogP contribution in [0.3, 0.4) is 0 Å². The molecule has 1 aromatic carbocycles. The predicted molar refractivity (Wildman–Crippen MR) is 107 cm³/mol. The smallest absolute Gasteiger partial charge is 0.387 e. The lowest BCUT2D eigenvalue weighted by Crippen LogP contribution is -2.45. The highest BCUT2D eigenvalue weighted by atomic mass is 127. The topological polar surface area (TPSA) is 54.9 Å². The molecule has 0 fully saturated rings. The Morgan fingerprint density at radius 1 is 1.24 bits per heavy atom. The van der Waals surface area contributed by atoms with Gasteiger partial charge in [-0.05, 0) is 23.1 Å². The number of halogens is 3. The molecule has 144 valence electrons. The van der Waals surface area contributed by atoms with E-state index in [0.29, 0.717) is 19.0 Å². The van der Waals surface area contributed by atoms with Crippen LogP contribution in [-0.4, -0.2) is 39.4 Å². The van der Waals surface area contributed by atoms with E-state index >= 15 is 0 Å². The van der Waals surface area contributed by atoms with Crippen molar-refractivity contribution in [3.05, 3.63) is 29.8 Å². The van der Waals surface area contributed by atoms with Crippen molar-refractivity contribution in [2.45, 2.75) is 40.0 Å². The first-order chi connectivity index (χ1) is 11.3. The van der Waals surface area contributed by atoms with Crippen molar-refractivity contribution in [1.29, 1.82) is 0 Å². The van der Waals surface area contributed by atoms with Crippen molar-refractivity contribution in [1.82, 2.24) is 10.6 Å². The standard InChI is InChI=1S/C17H27F2N3O2.HI/c1-17(2,3)14(23-5)11-22-16(20-4)21-10-12-7-6-8-13(9-12)24-15(18)19;/h6-9,14-15H,10-11H2,1-5H3,(H2,20,21,22);1H. The minimum absolute atomic E-state index is 0. The summed E-state index contributed by atoms with van der Waals surface area (Å²) in [6.45, 7) is 4.53. The Hall–Kier alpha value is -1.16. The second-order valence-electron chi connectivity index (χ2n) is 6.42. The number of alkyl halides is 2. The van der Waals surface area contributed by atoms with Gasteiger partial charge in [-0.1, -0.05) is 32.9 Å². The van der Waals surface area contributed by atoms with E-state index in [2.05, 4.69) is 41.1 Å². The molecule has 8 heteroatoms. The summed E-state index contributed by atoms with van der Waals surface area (Å²) in [7, 11) is 3.35. The highest BCUT2D eigenvalue weighted by Crippen LogP contribution is 2.21. The van der Waals surface area contributed by atoms with E-state index in [4.69, 9.17) is 4.74 Å². The molecule has 25 heavy (non-hydrogen) atoms. The second-order valence-corrected chi connectivity index (χ2v) is 6.42. The second kappa shape index (κ2) is 11.5. The van der Waals surface area contributed by atoms with Crippen molar-refractivity contribution in [3.63, 3.8) is 0 Å². The SMILES string of the molecule is CN=C(NCc1cccc(OC(F)F)c1)NCC(OC)C(C)(C)C.I. The van der Waals surface area contributed by atoms with Gasteiger partial charge in [0.1, 0.15) is 5.75 Å². The quantitative estimate of drug-likeness (QED) is 0.363. The molecule has 1 unspecified atom stereocenters. The number of nitrogens with one attached hydrogen (secondary N) is 2. The Labute approximate surface area is 165 Å². The summed E-state index contributed by atoms with van der Waals surface area (Å²) in [5.74, 6) is 0.751. The summed E-state index contributed by atoms with van der Waals surface area (Å²) in [6, 6.07) is 6.56. The third-order valence-electron chi connectivity index (χ3n) is 3.51. The van der Waals surface area contributed by atoms with E-state index < -0.39 is 6.61 Å². The van der Waals surface area contributed by atoms with Gasteiger partial charge in [0.2, 0.25) is 0 Å². The van der Waals surface area contributed by atoms with Gasteiger partial charge in [0.05, 0.1) is 6.10 Å². The van der Waals surface area contributed by atoms with E-state index in [9.17, 15) is 8.78 Å². The molecule has 0 aromatic heterocycles. The molecule has 0 bridgehead atoms. The summed E-state index contributed by atoms with van der Waals surface area (Å²) in [5, 5.41) is 6.34. The predicted octanol–water partition coefficient (Wildman–Crippen LogP) is 3.63. The summed E-state index contributed by atoms with van der Waals surface area (Å²) in [4.78, 5) is 4.15. The molecule has 0 saturated heterocycles. The molecule has 0 saturated carbocycles. The monoisotopic (exact) mass is 471 g/mol. The average molecular weight is 471 g/mol. The fourth-order valence-electron chi connectivity index (χ4n) is 2.17. The normalized spacial score (nSPS) is 13.2. The minimum atomic E-state index is -2.83. The van der Waals surface area contributed by atoms with Gasteiger partial charge in [-0.15, -0.1) is 24.0 Å². The van der Waals surface area contributed by atoms with E-state index in [1.807, 2.05) is 6.07 Å². The molecule has 0 spiro atoms. The first-order valence-electron chi connectivity index (χ1n) is 7.77. The largest absolute Gasteiger partial charge is 0.435 e. The summed E-state index contributed by atoms with van der Waals surface area (Å²) >= 11 is 0. The number of guanidine groups is 1. The number of methoxy groups -OCH3 is 1. The van der Waals surface area contributed by atoms with Crippen LogP contribution in [0, 0.1) is 5.41 Å². The lowest BCUT2D eigenvalue weighted by Gasteiger charge is -2.30. The Kier molecular flexibility index (Phi) is 10.9. The third kappa shape index (κ3) is 9.20. The van der Waals surface area contributed by atoms with Gasteiger partial charge < -0.3 is 20.1 Å². The molecule has 1 aromatic rings. The molecular weight excluding hydrogens is 443 g/mol. The van der Waals surface area contributed by atoms with Crippen molar-refractivity contribution in [2.24, 2.45) is 10.4 Å². The van der Waals surface area contributed by atoms with E-state index in [1.165, 1.54) is 6.07 Å². The number of aliphatic imine (C=N–C) groups is 1. The van der Waals surface area contributed by atoms with E-state index in [0.717, 1.165) is 5.56 Å². The molecule has 0 radical (unpaired) electrons. The summed E-state index contributed by atoms with van der Waals surface area (Å²) < 4.78 is 34.4. The fraction of sp³-hybridized carbons (Fsp3) is 0.588. The average Bonchev–Trinajstić information content (AvgIpc) is 2.49. The highest BCUT2D eigenvalue weighted by Gasteiger charge is 2.24. The molecule has 0 aliphatic heterocycles. The summed E-state index contributed by atoms with van der Waals surface area (Å²) in [5.41, 5.74) is 0.817. The van der Waals surface area contributed by atoms with Crippen LogP contribution in [-0.2, 0) is 11.3 Å². The van der Waals surface area contributed by atoms with Crippen LogP contribution in [0.1, 0.15) is 26.3 Å². The van der Waals surface area contributed by atoms with Crippen LogP contribution >= 0.6 is 24.0 Å². The van der Waals surface area contributed by atoms with Gasteiger partial charge in [-0.25, -0.2) is 0 Å². The molecule has 0 heterocycles. The van der Waals surface area contributed by atoms with Crippen molar-refractivity contribution >= 4 is 29.9 Å². The van der Waals surface area contributed by atoms with E-state index in [1.54, 1.807) is 26.3 Å². The highest BCUT2D eigenvalue weighted by molar-refractivity contribution is 14.0. The third-order valence-corrected chi connectivity index (χ3v) is 3.51. The maximum atomic E-state index is 12.2. The number of rotatable bonds is 7. The van der Waals surface area contributed by atoms with Gasteiger partial charge in [0.15, 0.2) is 5.96 Å². The van der Waals surface area contributed by atoms with Crippen molar-refractivity contribution in [3.8, 4) is 5.75 Å². The Balaban J connectivity index is 0.00000576. The maximum Gasteiger partial charge on any atom is 0.387 e. The van der Waals surface area contributed by atoms with Gasteiger partial charge >= 0.3 is 6.61 Å². The maximum absolute atomic E-state index is 12.2. The molecule has 1 rings (SSSR count). The molecule has 0 aliphatic carbocycles. The first kappa shape index (κ1) is 23.8. The summed E-state index contributed by atoms with van der Waals surface area (Å²) in [6.07, 6.45) is 0.0267. The minimum Gasteiger partial charge on any atom is -0.435 e. The Morgan fingerprint density at radius 2 is 1.92 bits per heavy atom. The van der Waals surface area contributed by atoms with Crippen LogP contribution in [0.25, 0.3) is 0 Å². The number of benzene rings is 1. The van der Waals surface area contributed by atoms with Crippen molar-refractivity contribution < 1.29 is 18.3 Å². The zero-order valence-electron chi connectivity index (χ0n) is 15.3. The fourth-order valence-corrected chi connectivity index (χ4v) is 2.17. The Bertz CT molecular complexity index is 537. The molecule has 1 atom stereocenters. The van der Waals surface area contributed by atoms with Crippen LogP contribution < -0.4 is 15.4 Å². The molecule has 5 nitrogen and oxygen atoms in total. The molecule has 2 N–H and O–H groups in total. The molecule has 0 aliphatic rings. The number of hydrogen-bond donors (Lipinski definition) is 2. The zero-order valence-corrected chi connectivity index (χ0v) is 17.6. The zero-order chi connectivity index (χ0) is 18.2. The van der Waals surface area contributed by atoms with Crippen LogP contribution in [0.4, 0.5) is 8.78 Å². The van der Waals surface area contributed by atoms with Crippen LogP contribution in [0.2, 0.25) is 0 Å². The van der Waals surface area contributed by atoms with E-state index in [-0.39, 0.29) is 41.2 Å². The number of nitrogens with zero attached hydrogens (tertiary/aromatic N) is 1. The van der Waals surface area contributed by atoms with Crippen LogP contribution in [0.15, 0.2) is 29.3 Å². The van der Waals surface area contributed by atoms with Gasteiger partial charge in [0, 0.05) is 27.2 Å². The molecular formula is C17H28F2IN3O2. The number of hydrogen-bond acceptors (Lipinski definition) is 3. The van der Waals surface area contributed by atoms with Gasteiger partial charge in [-0.3, -0.25) is 4.99 Å². The van der Waals surface area contributed by atoms with Crippen LogP contribution in [0.5, 0.6) is 5.75 Å². The van der Waals surface area contributed by atoms with Crippen molar-refractivity contribution in [2.75, 3.05) is 20.7 Å². The first-order valence-corrected chi connectivity index (χ1v) is 7.77. The number of ether oxygens (including phenoxy) is 2. The lowest BCUT2D eigenvalue weighted by molar-refractivity contribution is -0.0498. The molecule has 0 amide bonds. The van der Waals surface area contributed by atoms with Gasteiger partial charge in [-0.2, -0.15) is 8.78 Å².